The molecule has 1 saturated heterocycles. The number of carbonyl (C=O) groups excluding carboxylic acids is 3. The standard InChI is InChI=1S/C26H22N2O4S/c1-17-8-6-9-18(2)24(17)27-23(29)16-28-25(30)22(33-26(28)31)15-19-10-7-13-21(14-19)32-20-11-4-3-5-12-20/h3-15H,16H2,1-2H3,(H,27,29)/b22-15+. The van der Waals surface area contributed by atoms with Crippen molar-refractivity contribution in [3.8, 4) is 11.5 Å². The van der Waals surface area contributed by atoms with Crippen LogP contribution in [0.1, 0.15) is 16.7 Å². The predicted octanol–water partition coefficient (Wildman–Crippen LogP) is 5.77. The summed E-state index contributed by atoms with van der Waals surface area (Å²) in [5, 5.41) is 2.34. The largest absolute Gasteiger partial charge is 0.457 e. The number of aryl methyl sites for hydroxylation is 2. The van der Waals surface area contributed by atoms with E-state index in [0.29, 0.717) is 22.7 Å². The van der Waals surface area contributed by atoms with Crippen LogP contribution in [0, 0.1) is 13.8 Å². The van der Waals surface area contributed by atoms with Gasteiger partial charge < -0.3 is 10.1 Å². The lowest BCUT2D eigenvalue weighted by molar-refractivity contribution is -0.127. The van der Waals surface area contributed by atoms with Gasteiger partial charge in [-0.05, 0) is 72.6 Å². The average Bonchev–Trinajstić information content (AvgIpc) is 3.04. The molecule has 3 amide bonds. The fourth-order valence-electron chi connectivity index (χ4n) is 3.41. The Morgan fingerprint density at radius 3 is 2.33 bits per heavy atom. The molecule has 0 aromatic heterocycles. The molecule has 1 heterocycles. The van der Waals surface area contributed by atoms with Crippen LogP contribution < -0.4 is 10.1 Å². The van der Waals surface area contributed by atoms with Crippen LogP contribution in [-0.2, 0) is 9.59 Å². The second-order valence-electron chi connectivity index (χ2n) is 7.57. The number of ether oxygens (including phenoxy) is 1. The van der Waals surface area contributed by atoms with Crippen molar-refractivity contribution < 1.29 is 19.1 Å². The first-order chi connectivity index (χ1) is 15.9. The van der Waals surface area contributed by atoms with Gasteiger partial charge in [-0.15, -0.1) is 0 Å². The van der Waals surface area contributed by atoms with Gasteiger partial charge in [0.2, 0.25) is 5.91 Å². The zero-order chi connectivity index (χ0) is 23.4. The Morgan fingerprint density at radius 2 is 1.61 bits per heavy atom. The van der Waals surface area contributed by atoms with Crippen molar-refractivity contribution in [3.05, 3.63) is 94.4 Å². The summed E-state index contributed by atoms with van der Waals surface area (Å²) in [7, 11) is 0. The molecule has 4 rings (SSSR count). The van der Waals surface area contributed by atoms with Crippen LogP contribution in [0.2, 0.25) is 0 Å². The van der Waals surface area contributed by atoms with Crippen molar-refractivity contribution in [1.29, 1.82) is 0 Å². The molecule has 6 nitrogen and oxygen atoms in total. The Kier molecular flexibility index (Phi) is 6.60. The topological polar surface area (TPSA) is 75.7 Å². The summed E-state index contributed by atoms with van der Waals surface area (Å²) in [6.45, 7) is 3.44. The SMILES string of the molecule is Cc1cccc(C)c1NC(=O)CN1C(=O)S/C(=C/c2cccc(Oc3ccccc3)c2)C1=O. The molecular formula is C26H22N2O4S. The summed E-state index contributed by atoms with van der Waals surface area (Å²) >= 11 is 0.819. The van der Waals surface area contributed by atoms with Gasteiger partial charge in [0.1, 0.15) is 18.0 Å². The summed E-state index contributed by atoms with van der Waals surface area (Å²) in [5.74, 6) is 0.400. The van der Waals surface area contributed by atoms with Gasteiger partial charge in [0.05, 0.1) is 4.91 Å². The molecule has 1 fully saturated rings. The van der Waals surface area contributed by atoms with Gasteiger partial charge in [-0.25, -0.2) is 0 Å². The molecule has 0 spiro atoms. The maximum atomic E-state index is 12.8. The molecule has 7 heteroatoms. The minimum Gasteiger partial charge on any atom is -0.457 e. The fraction of sp³-hybridized carbons (Fsp3) is 0.115. The summed E-state index contributed by atoms with van der Waals surface area (Å²) < 4.78 is 5.83. The van der Waals surface area contributed by atoms with Crippen LogP contribution in [0.15, 0.2) is 77.7 Å². The highest BCUT2D eigenvalue weighted by Gasteiger charge is 2.36. The Labute approximate surface area is 196 Å². The average molecular weight is 459 g/mol. The van der Waals surface area contributed by atoms with Crippen LogP contribution >= 0.6 is 11.8 Å². The second-order valence-corrected chi connectivity index (χ2v) is 8.56. The van der Waals surface area contributed by atoms with Crippen molar-refractivity contribution >= 4 is 40.6 Å². The van der Waals surface area contributed by atoms with E-state index in [-0.39, 0.29) is 11.4 Å². The Morgan fingerprint density at radius 1 is 0.939 bits per heavy atom. The second kappa shape index (κ2) is 9.75. The van der Waals surface area contributed by atoms with Gasteiger partial charge in [0, 0.05) is 5.69 Å². The van der Waals surface area contributed by atoms with E-state index in [1.165, 1.54) is 0 Å². The van der Waals surface area contributed by atoms with Crippen molar-refractivity contribution in [2.24, 2.45) is 0 Å². The van der Waals surface area contributed by atoms with E-state index in [9.17, 15) is 14.4 Å². The Bertz CT molecular complexity index is 1230. The normalized spacial score (nSPS) is 14.6. The van der Waals surface area contributed by atoms with Crippen LogP contribution in [-0.4, -0.2) is 28.5 Å². The number of rotatable bonds is 6. The lowest BCUT2D eigenvalue weighted by atomic mass is 10.1. The number of carbonyl (C=O) groups is 3. The Hall–Kier alpha value is -3.84. The molecule has 0 radical (unpaired) electrons. The summed E-state index contributed by atoms with van der Waals surface area (Å²) in [6.07, 6.45) is 1.63. The first kappa shape index (κ1) is 22.4. The predicted molar refractivity (Wildman–Crippen MR) is 130 cm³/mol. The lowest BCUT2D eigenvalue weighted by Gasteiger charge is -2.15. The summed E-state index contributed by atoms with van der Waals surface area (Å²) in [5.41, 5.74) is 3.24. The third kappa shape index (κ3) is 5.32. The molecule has 3 aromatic rings. The molecule has 166 valence electrons. The smallest absolute Gasteiger partial charge is 0.294 e. The van der Waals surface area contributed by atoms with Gasteiger partial charge in [-0.1, -0.05) is 48.5 Å². The molecule has 0 saturated carbocycles. The van der Waals surface area contributed by atoms with E-state index >= 15 is 0 Å². The number of para-hydroxylation sites is 2. The highest BCUT2D eigenvalue weighted by Crippen LogP contribution is 2.33. The van der Waals surface area contributed by atoms with Crippen LogP contribution in [0.3, 0.4) is 0 Å². The number of amides is 3. The number of nitrogens with zero attached hydrogens (tertiary/aromatic N) is 1. The number of hydrogen-bond donors (Lipinski definition) is 1. The highest BCUT2D eigenvalue weighted by molar-refractivity contribution is 8.18. The lowest BCUT2D eigenvalue weighted by Crippen LogP contribution is -2.36. The molecule has 0 unspecified atom stereocenters. The minimum atomic E-state index is -0.490. The number of nitrogens with one attached hydrogen (secondary N) is 1. The van der Waals surface area contributed by atoms with Crippen molar-refractivity contribution in [2.45, 2.75) is 13.8 Å². The number of hydrogen-bond acceptors (Lipinski definition) is 5. The monoisotopic (exact) mass is 458 g/mol. The first-order valence-electron chi connectivity index (χ1n) is 10.3. The molecule has 3 aromatic carbocycles. The minimum absolute atomic E-state index is 0.261. The Balaban J connectivity index is 1.46. The van der Waals surface area contributed by atoms with E-state index in [4.69, 9.17) is 4.74 Å². The van der Waals surface area contributed by atoms with Gasteiger partial charge in [0.15, 0.2) is 0 Å². The first-order valence-corrected chi connectivity index (χ1v) is 11.2. The van der Waals surface area contributed by atoms with Gasteiger partial charge in [0.25, 0.3) is 11.1 Å². The number of imide groups is 1. The van der Waals surface area contributed by atoms with E-state index in [1.807, 2.05) is 80.6 Å². The van der Waals surface area contributed by atoms with Crippen LogP contribution in [0.4, 0.5) is 10.5 Å². The molecule has 1 N–H and O–H groups in total. The fourth-order valence-corrected chi connectivity index (χ4v) is 4.25. The molecule has 1 aliphatic rings. The third-order valence-corrected chi connectivity index (χ3v) is 5.96. The number of benzene rings is 3. The molecule has 1 aliphatic heterocycles. The van der Waals surface area contributed by atoms with Gasteiger partial charge in [-0.3, -0.25) is 19.3 Å². The molecular weight excluding hydrogens is 436 g/mol. The highest BCUT2D eigenvalue weighted by atomic mass is 32.2. The molecule has 0 bridgehead atoms. The van der Waals surface area contributed by atoms with Crippen LogP contribution in [0.5, 0.6) is 11.5 Å². The third-order valence-electron chi connectivity index (χ3n) is 5.06. The van der Waals surface area contributed by atoms with E-state index in [0.717, 1.165) is 27.8 Å². The maximum Gasteiger partial charge on any atom is 0.294 e. The quantitative estimate of drug-likeness (QED) is 0.475. The molecule has 0 atom stereocenters. The van der Waals surface area contributed by atoms with Crippen molar-refractivity contribution in [2.75, 3.05) is 11.9 Å². The van der Waals surface area contributed by atoms with Gasteiger partial charge >= 0.3 is 0 Å². The zero-order valence-corrected chi connectivity index (χ0v) is 19.0. The number of thioether (sulfide) groups is 1. The summed E-state index contributed by atoms with van der Waals surface area (Å²) in [6, 6.07) is 22.3. The van der Waals surface area contributed by atoms with Gasteiger partial charge in [-0.2, -0.15) is 0 Å². The van der Waals surface area contributed by atoms with E-state index in [2.05, 4.69) is 5.32 Å². The van der Waals surface area contributed by atoms with Crippen LogP contribution in [0.25, 0.3) is 6.08 Å². The summed E-state index contributed by atoms with van der Waals surface area (Å²) in [4.78, 5) is 39.0. The van der Waals surface area contributed by atoms with E-state index < -0.39 is 17.1 Å². The van der Waals surface area contributed by atoms with E-state index in [1.54, 1.807) is 12.1 Å². The molecule has 0 aliphatic carbocycles. The van der Waals surface area contributed by atoms with Crippen molar-refractivity contribution in [3.63, 3.8) is 0 Å². The molecule has 33 heavy (non-hydrogen) atoms. The van der Waals surface area contributed by atoms with Crippen molar-refractivity contribution in [1.82, 2.24) is 4.90 Å². The number of anilines is 1. The maximum absolute atomic E-state index is 12.8. The zero-order valence-electron chi connectivity index (χ0n) is 18.2.